The molecule has 2 heterocycles. The molecule has 0 unspecified atom stereocenters. The second-order valence-corrected chi connectivity index (χ2v) is 8.80. The minimum Gasteiger partial charge on any atom is -0.398 e. The number of aliphatic imine (C=N–C) groups is 1. The fourth-order valence-electron chi connectivity index (χ4n) is 3.92. The maximum Gasteiger partial charge on any atom is 0.0903 e. The van der Waals surface area contributed by atoms with Gasteiger partial charge in [0.25, 0.3) is 0 Å². The van der Waals surface area contributed by atoms with Gasteiger partial charge in [-0.3, -0.25) is 0 Å². The predicted molar refractivity (Wildman–Crippen MR) is 149 cm³/mol. The highest BCUT2D eigenvalue weighted by atomic mass is 15.0. The van der Waals surface area contributed by atoms with Crippen molar-refractivity contribution in [3.05, 3.63) is 96.1 Å². The van der Waals surface area contributed by atoms with Crippen molar-refractivity contribution in [3.63, 3.8) is 0 Å². The van der Waals surface area contributed by atoms with Crippen LogP contribution in [0.3, 0.4) is 0 Å². The maximum atomic E-state index is 7.51. The van der Waals surface area contributed by atoms with E-state index in [9.17, 15) is 0 Å². The summed E-state index contributed by atoms with van der Waals surface area (Å²) < 4.78 is 0. The van der Waals surface area contributed by atoms with Crippen molar-refractivity contribution in [3.8, 4) is 0 Å². The van der Waals surface area contributed by atoms with Crippen molar-refractivity contribution in [2.45, 2.75) is 26.8 Å². The van der Waals surface area contributed by atoms with Crippen molar-refractivity contribution in [2.24, 2.45) is 4.99 Å². The number of rotatable bonds is 8. The van der Waals surface area contributed by atoms with E-state index < -0.39 is 0 Å². The second kappa shape index (κ2) is 9.77. The van der Waals surface area contributed by atoms with Gasteiger partial charge in [-0.15, -0.1) is 0 Å². The van der Waals surface area contributed by atoms with Crippen LogP contribution in [0.2, 0.25) is 0 Å². The molecule has 4 rings (SSSR count). The molecule has 178 valence electrons. The maximum absolute atomic E-state index is 7.51. The first-order chi connectivity index (χ1) is 16.7. The molecule has 0 amide bonds. The molecule has 0 spiro atoms. The first-order valence-electron chi connectivity index (χ1n) is 11.4. The third-order valence-electron chi connectivity index (χ3n) is 5.67. The summed E-state index contributed by atoms with van der Waals surface area (Å²) in [5.74, 6) is 0. The Labute approximate surface area is 205 Å². The van der Waals surface area contributed by atoms with Crippen molar-refractivity contribution in [2.75, 3.05) is 11.1 Å². The Morgan fingerprint density at radius 2 is 1.94 bits per heavy atom. The van der Waals surface area contributed by atoms with Gasteiger partial charge in [-0.1, -0.05) is 25.3 Å². The number of nitrogens with zero attached hydrogens (tertiary/aromatic N) is 1. The van der Waals surface area contributed by atoms with Crippen LogP contribution in [0.1, 0.15) is 37.6 Å². The van der Waals surface area contributed by atoms with Crippen LogP contribution in [-0.2, 0) is 0 Å². The SMILES string of the molecule is C=C(/N=C1/C=CN/C1=C(/C)Nc1ccc(N)c(C=N)c1)c1ccc2cc(C(=C)NC(C)C)[nH]c2c1. The quantitative estimate of drug-likeness (QED) is 0.192. The first kappa shape index (κ1) is 23.6. The van der Waals surface area contributed by atoms with Crippen molar-refractivity contribution >= 4 is 45.6 Å². The van der Waals surface area contributed by atoms with Crippen LogP contribution in [0.15, 0.2) is 84.3 Å². The molecule has 1 aliphatic heterocycles. The lowest BCUT2D eigenvalue weighted by Gasteiger charge is -2.13. The zero-order valence-electron chi connectivity index (χ0n) is 20.3. The number of hydrogen-bond acceptors (Lipinski definition) is 6. The minimum absolute atomic E-state index is 0.312. The average Bonchev–Trinajstić information content (AvgIpc) is 3.46. The lowest BCUT2D eigenvalue weighted by molar-refractivity contribution is 0.716. The molecular formula is C28H31N7. The summed E-state index contributed by atoms with van der Waals surface area (Å²) in [5.41, 5.74) is 14.9. The standard InChI is InChI=1S/C28H31N7/c1-16(2)32-18(4)26-14-21-7-6-20(13-27(21)35-26)17(3)34-25-10-11-31-28(25)19(5)33-23-8-9-24(30)22(12-23)15-29/h6-16,29,31-33,35H,3-4,30H2,1-2,5H3/b28-19-,29-15?,34-25-. The summed E-state index contributed by atoms with van der Waals surface area (Å²) in [6.45, 7) is 14.5. The number of anilines is 2. The van der Waals surface area contributed by atoms with Crippen LogP contribution in [-0.4, -0.2) is 23.0 Å². The summed E-state index contributed by atoms with van der Waals surface area (Å²) in [6, 6.07) is 14.1. The number of benzene rings is 2. The topological polar surface area (TPSA) is 114 Å². The third-order valence-corrected chi connectivity index (χ3v) is 5.67. The highest BCUT2D eigenvalue weighted by molar-refractivity contribution is 6.12. The van der Waals surface area contributed by atoms with Gasteiger partial charge >= 0.3 is 0 Å². The smallest absolute Gasteiger partial charge is 0.0903 e. The highest BCUT2D eigenvalue weighted by Gasteiger charge is 2.15. The molecule has 35 heavy (non-hydrogen) atoms. The summed E-state index contributed by atoms with van der Waals surface area (Å²) in [6.07, 6.45) is 5.02. The van der Waals surface area contributed by atoms with Gasteiger partial charge in [0.2, 0.25) is 0 Å². The predicted octanol–water partition coefficient (Wildman–Crippen LogP) is 5.59. The molecule has 0 saturated carbocycles. The number of hydrogen-bond donors (Lipinski definition) is 6. The molecular weight excluding hydrogens is 434 g/mol. The van der Waals surface area contributed by atoms with Gasteiger partial charge < -0.3 is 32.1 Å². The Bertz CT molecular complexity index is 1420. The fraction of sp³-hybridized carbons (Fsp3) is 0.143. The molecule has 0 saturated heterocycles. The number of nitrogens with one attached hydrogen (secondary N) is 5. The molecule has 7 nitrogen and oxygen atoms in total. The second-order valence-electron chi connectivity index (χ2n) is 8.80. The lowest BCUT2D eigenvalue weighted by atomic mass is 10.1. The summed E-state index contributed by atoms with van der Waals surface area (Å²) >= 11 is 0. The average molecular weight is 466 g/mol. The lowest BCUT2D eigenvalue weighted by Crippen LogP contribution is -2.20. The van der Waals surface area contributed by atoms with Gasteiger partial charge in [0, 0.05) is 57.6 Å². The molecule has 0 atom stereocenters. The summed E-state index contributed by atoms with van der Waals surface area (Å²) in [7, 11) is 0. The molecule has 0 fully saturated rings. The summed E-state index contributed by atoms with van der Waals surface area (Å²) in [4.78, 5) is 8.24. The van der Waals surface area contributed by atoms with E-state index in [4.69, 9.17) is 16.1 Å². The number of aromatic amines is 1. The van der Waals surface area contributed by atoms with Crippen molar-refractivity contribution < 1.29 is 0 Å². The van der Waals surface area contributed by atoms with Crippen LogP contribution in [0.25, 0.3) is 22.3 Å². The Hall–Kier alpha value is -4.52. The van der Waals surface area contributed by atoms with E-state index >= 15 is 0 Å². The van der Waals surface area contributed by atoms with E-state index in [1.807, 2.05) is 37.4 Å². The monoisotopic (exact) mass is 465 g/mol. The van der Waals surface area contributed by atoms with E-state index in [2.05, 4.69) is 66.1 Å². The largest absolute Gasteiger partial charge is 0.398 e. The van der Waals surface area contributed by atoms with Crippen molar-refractivity contribution in [1.82, 2.24) is 15.6 Å². The first-order valence-corrected chi connectivity index (χ1v) is 11.4. The molecule has 0 aliphatic carbocycles. The molecule has 0 bridgehead atoms. The Morgan fingerprint density at radius 1 is 1.14 bits per heavy atom. The van der Waals surface area contributed by atoms with Crippen LogP contribution in [0.4, 0.5) is 11.4 Å². The minimum atomic E-state index is 0.312. The van der Waals surface area contributed by atoms with Crippen molar-refractivity contribution in [1.29, 1.82) is 5.41 Å². The van der Waals surface area contributed by atoms with Crippen LogP contribution < -0.4 is 21.7 Å². The number of allylic oxidation sites excluding steroid dienone is 2. The van der Waals surface area contributed by atoms with E-state index in [1.54, 1.807) is 6.07 Å². The number of nitrogen functional groups attached to an aromatic ring is 1. The third kappa shape index (κ3) is 5.19. The van der Waals surface area contributed by atoms with E-state index in [-0.39, 0.29) is 0 Å². The van der Waals surface area contributed by atoms with Crippen LogP contribution in [0.5, 0.6) is 0 Å². The highest BCUT2D eigenvalue weighted by Crippen LogP contribution is 2.25. The summed E-state index contributed by atoms with van der Waals surface area (Å²) in [5, 5.41) is 18.6. The van der Waals surface area contributed by atoms with E-state index in [0.29, 0.717) is 23.0 Å². The molecule has 7 N–H and O–H groups in total. The van der Waals surface area contributed by atoms with Gasteiger partial charge in [0.1, 0.15) is 0 Å². The fourth-order valence-corrected chi connectivity index (χ4v) is 3.92. The zero-order valence-corrected chi connectivity index (χ0v) is 20.3. The zero-order chi connectivity index (χ0) is 25.1. The molecule has 2 aromatic carbocycles. The van der Waals surface area contributed by atoms with Gasteiger partial charge in [0.05, 0.1) is 28.5 Å². The Kier molecular flexibility index (Phi) is 6.59. The molecule has 3 aromatic rings. The number of H-pyrrole nitrogens is 1. The number of aromatic nitrogens is 1. The number of fused-ring (bicyclic) bond motifs is 1. The normalized spacial score (nSPS) is 15.4. The van der Waals surface area contributed by atoms with Gasteiger partial charge in [-0.05, 0) is 57.2 Å². The molecule has 1 aliphatic rings. The van der Waals surface area contributed by atoms with E-state index in [1.165, 1.54) is 6.21 Å². The number of nitrogens with two attached hydrogens (primary N) is 1. The van der Waals surface area contributed by atoms with Crippen LogP contribution in [0, 0.1) is 5.41 Å². The molecule has 7 heteroatoms. The molecule has 0 radical (unpaired) electrons. The van der Waals surface area contributed by atoms with Gasteiger partial charge in [-0.25, -0.2) is 4.99 Å². The molecule has 1 aromatic heterocycles. The van der Waals surface area contributed by atoms with Crippen LogP contribution >= 0.6 is 0 Å². The van der Waals surface area contributed by atoms with Gasteiger partial charge in [0.15, 0.2) is 0 Å². The van der Waals surface area contributed by atoms with E-state index in [0.717, 1.165) is 50.7 Å². The Balaban J connectivity index is 1.57. The Morgan fingerprint density at radius 3 is 2.69 bits per heavy atom. The van der Waals surface area contributed by atoms with Gasteiger partial charge in [-0.2, -0.15) is 0 Å².